The van der Waals surface area contributed by atoms with E-state index in [1.807, 2.05) is 25.1 Å². The Morgan fingerprint density at radius 2 is 2.11 bits per heavy atom. The second-order valence-corrected chi connectivity index (χ2v) is 10.4. The molecule has 1 aliphatic carbocycles. The Morgan fingerprint density at radius 3 is 2.86 bits per heavy atom. The Bertz CT molecular complexity index is 1320. The van der Waals surface area contributed by atoms with Gasteiger partial charge in [0, 0.05) is 25.5 Å². The highest BCUT2D eigenvalue weighted by Gasteiger charge is 2.37. The van der Waals surface area contributed by atoms with Gasteiger partial charge in [0.1, 0.15) is 28.5 Å². The van der Waals surface area contributed by atoms with Crippen LogP contribution in [0, 0.1) is 0 Å². The molecule has 35 heavy (non-hydrogen) atoms. The van der Waals surface area contributed by atoms with E-state index >= 15 is 0 Å². The van der Waals surface area contributed by atoms with Crippen LogP contribution >= 0.6 is 15.9 Å². The van der Waals surface area contributed by atoms with Crippen molar-refractivity contribution in [2.45, 2.75) is 44.1 Å². The Hall–Kier alpha value is -2.78. The summed E-state index contributed by atoms with van der Waals surface area (Å²) >= 11 is 3.36. The fourth-order valence-electron chi connectivity index (χ4n) is 3.82. The minimum Gasteiger partial charge on any atom is -0.390 e. The molecular formula is C21H24BrN7O5S. The Morgan fingerprint density at radius 1 is 1.31 bits per heavy atom. The zero-order valence-electron chi connectivity index (χ0n) is 18.9. The molecule has 0 amide bonds. The number of hydrogen-bond acceptors (Lipinski definition) is 10. The van der Waals surface area contributed by atoms with Crippen LogP contribution < -0.4 is 10.0 Å². The van der Waals surface area contributed by atoms with Crippen LogP contribution in [0.3, 0.4) is 0 Å². The lowest BCUT2D eigenvalue weighted by molar-refractivity contribution is 0.0636. The van der Waals surface area contributed by atoms with Crippen molar-refractivity contribution in [2.75, 3.05) is 12.4 Å². The van der Waals surface area contributed by atoms with E-state index in [0.29, 0.717) is 4.60 Å². The molecule has 4 atom stereocenters. The third-order valence-electron chi connectivity index (χ3n) is 5.67. The molecule has 3 N–H and O–H groups in total. The van der Waals surface area contributed by atoms with Crippen LogP contribution in [0.2, 0.25) is 0 Å². The number of halogens is 1. The fraction of sp³-hybridized carbons (Fsp3) is 0.381. The number of aliphatic hydroxyl groups excluding tert-OH is 1. The predicted molar refractivity (Wildman–Crippen MR) is 129 cm³/mol. The van der Waals surface area contributed by atoms with E-state index in [4.69, 9.17) is 4.18 Å². The molecule has 1 aliphatic rings. The Kier molecular flexibility index (Phi) is 7.56. The number of pyridine rings is 1. The van der Waals surface area contributed by atoms with Crippen LogP contribution in [-0.4, -0.2) is 69.3 Å². The minimum atomic E-state index is -3.95. The van der Waals surface area contributed by atoms with E-state index in [2.05, 4.69) is 46.0 Å². The van der Waals surface area contributed by atoms with Crippen molar-refractivity contribution < 1.29 is 22.5 Å². The number of carbonyl (C=O) groups excluding carboxylic acids is 1. The molecule has 0 spiro atoms. The zero-order chi connectivity index (χ0) is 25.2. The third-order valence-corrected chi connectivity index (χ3v) is 7.11. The molecule has 0 bridgehead atoms. The number of nitrogens with one attached hydrogen (secondary N) is 2. The number of ketones is 1. The Balaban J connectivity index is 1.49. The molecule has 0 aliphatic heterocycles. The molecule has 3 heterocycles. The topological polar surface area (TPSA) is 161 Å². The van der Waals surface area contributed by atoms with Crippen molar-refractivity contribution in [2.24, 2.45) is 0 Å². The number of carbonyl (C=O) groups is 1. The average Bonchev–Trinajstić information content (AvgIpc) is 3.45. The first-order valence-electron chi connectivity index (χ1n) is 10.8. The molecule has 186 valence electrons. The molecule has 0 radical (unpaired) electrons. The second kappa shape index (κ2) is 10.5. The van der Waals surface area contributed by atoms with E-state index in [1.54, 1.807) is 16.9 Å². The van der Waals surface area contributed by atoms with Crippen LogP contribution in [0.1, 0.15) is 47.6 Å². The molecule has 14 heteroatoms. The highest BCUT2D eigenvalue weighted by Crippen LogP contribution is 2.28. The van der Waals surface area contributed by atoms with Gasteiger partial charge in [0.15, 0.2) is 0 Å². The zero-order valence-corrected chi connectivity index (χ0v) is 21.3. The van der Waals surface area contributed by atoms with Crippen molar-refractivity contribution in [3.8, 4) is 0 Å². The highest BCUT2D eigenvalue weighted by atomic mass is 79.9. The summed E-state index contributed by atoms with van der Waals surface area (Å²) in [7, 11) is -2.73. The maximum absolute atomic E-state index is 13.2. The summed E-state index contributed by atoms with van der Waals surface area (Å²) in [6.07, 6.45) is 2.88. The molecule has 1 saturated carbocycles. The van der Waals surface area contributed by atoms with Gasteiger partial charge in [0.2, 0.25) is 5.78 Å². The molecular weight excluding hydrogens is 542 g/mol. The molecule has 0 saturated heterocycles. The van der Waals surface area contributed by atoms with Gasteiger partial charge in [0.25, 0.3) is 0 Å². The number of aliphatic hydroxyl groups is 1. The van der Waals surface area contributed by atoms with Crippen molar-refractivity contribution in [3.05, 3.63) is 64.5 Å². The molecule has 0 unspecified atom stereocenters. The summed E-state index contributed by atoms with van der Waals surface area (Å²) in [5, 5.41) is 17.8. The maximum Gasteiger partial charge on any atom is 0.335 e. The number of aromatic nitrogens is 5. The van der Waals surface area contributed by atoms with E-state index in [0.717, 1.165) is 5.69 Å². The first-order valence-corrected chi connectivity index (χ1v) is 13.0. The van der Waals surface area contributed by atoms with Gasteiger partial charge in [-0.2, -0.15) is 18.2 Å². The van der Waals surface area contributed by atoms with Gasteiger partial charge in [-0.3, -0.25) is 13.7 Å². The summed E-state index contributed by atoms with van der Waals surface area (Å²) in [5.74, 6) is -0.124. The molecule has 3 aromatic heterocycles. The fourth-order valence-corrected chi connectivity index (χ4v) is 4.80. The van der Waals surface area contributed by atoms with E-state index < -0.39 is 22.5 Å². The molecule has 0 aromatic carbocycles. The lowest BCUT2D eigenvalue weighted by Gasteiger charge is -2.15. The molecule has 3 aromatic rings. The van der Waals surface area contributed by atoms with E-state index in [-0.39, 0.29) is 47.8 Å². The number of anilines is 1. The monoisotopic (exact) mass is 565 g/mol. The minimum absolute atomic E-state index is 0.200. The van der Waals surface area contributed by atoms with Crippen molar-refractivity contribution in [1.82, 2.24) is 29.5 Å². The SMILES string of the molecule is CNS(=O)(=O)O[C@@H]1C[C@H](Nc2ncncc2C(=O)c2ccn([C@@H](C)c3cccc(Br)n3)n2)C[C@@H]1O. The quantitative estimate of drug-likeness (QED) is 0.255. The Labute approximate surface area is 210 Å². The molecule has 12 nitrogen and oxygen atoms in total. The van der Waals surface area contributed by atoms with Crippen LogP contribution in [0.4, 0.5) is 5.82 Å². The van der Waals surface area contributed by atoms with E-state index in [1.165, 1.54) is 19.6 Å². The molecule has 1 fully saturated rings. The van der Waals surface area contributed by atoms with Gasteiger partial charge in [-0.1, -0.05) is 6.07 Å². The van der Waals surface area contributed by atoms with Gasteiger partial charge in [-0.15, -0.1) is 0 Å². The van der Waals surface area contributed by atoms with Gasteiger partial charge >= 0.3 is 10.3 Å². The van der Waals surface area contributed by atoms with Gasteiger partial charge < -0.3 is 10.4 Å². The van der Waals surface area contributed by atoms with Crippen molar-refractivity contribution in [3.63, 3.8) is 0 Å². The number of nitrogens with zero attached hydrogens (tertiary/aromatic N) is 5. The summed E-state index contributed by atoms with van der Waals surface area (Å²) < 4.78 is 32.8. The summed E-state index contributed by atoms with van der Waals surface area (Å²) in [6, 6.07) is 6.62. The summed E-state index contributed by atoms with van der Waals surface area (Å²) in [4.78, 5) is 25.8. The summed E-state index contributed by atoms with van der Waals surface area (Å²) in [6.45, 7) is 1.92. The summed E-state index contributed by atoms with van der Waals surface area (Å²) in [5.41, 5.74) is 1.19. The van der Waals surface area contributed by atoms with E-state index in [9.17, 15) is 18.3 Å². The first kappa shape index (κ1) is 25.3. The van der Waals surface area contributed by atoms with Gasteiger partial charge in [0.05, 0.1) is 23.4 Å². The number of rotatable bonds is 9. The predicted octanol–water partition coefficient (Wildman–Crippen LogP) is 1.46. The van der Waals surface area contributed by atoms with Crippen LogP contribution in [-0.2, 0) is 14.5 Å². The lowest BCUT2D eigenvalue weighted by atomic mass is 10.1. The standard InChI is InChI=1S/C21H24BrN7O5S/c1-12(15-4-3-5-19(22)27-15)29-7-6-16(28-29)20(31)14-10-24-11-25-21(14)26-13-8-17(30)18(9-13)34-35(32,33)23-2/h3-7,10-13,17-18,23,30H,8-9H2,1-2H3,(H,24,25,26)/t12-,13+,17-,18+/m0/s1. The second-order valence-electron chi connectivity index (χ2n) is 8.03. The smallest absolute Gasteiger partial charge is 0.335 e. The normalized spacial score (nSPS) is 21.1. The molecule has 4 rings (SSSR count). The maximum atomic E-state index is 13.2. The number of hydrogen-bond donors (Lipinski definition) is 3. The average molecular weight is 566 g/mol. The van der Waals surface area contributed by atoms with Crippen LogP contribution in [0.15, 0.2) is 47.6 Å². The first-order chi connectivity index (χ1) is 16.7. The van der Waals surface area contributed by atoms with Gasteiger partial charge in [-0.05, 0) is 53.9 Å². The highest BCUT2D eigenvalue weighted by molar-refractivity contribution is 9.10. The van der Waals surface area contributed by atoms with Gasteiger partial charge in [-0.25, -0.2) is 15.0 Å². The van der Waals surface area contributed by atoms with Crippen LogP contribution in [0.5, 0.6) is 0 Å². The van der Waals surface area contributed by atoms with Crippen molar-refractivity contribution in [1.29, 1.82) is 0 Å². The lowest BCUT2D eigenvalue weighted by Crippen LogP contribution is -2.31. The largest absolute Gasteiger partial charge is 0.390 e. The third kappa shape index (κ3) is 5.90. The van der Waals surface area contributed by atoms with Crippen LogP contribution in [0.25, 0.3) is 0 Å². The van der Waals surface area contributed by atoms with Crippen molar-refractivity contribution >= 4 is 37.8 Å².